The average molecular weight is 647 g/mol. The molecule has 2 unspecified atom stereocenters. The lowest BCUT2D eigenvalue weighted by Crippen LogP contribution is -2.44. The van der Waals surface area contributed by atoms with E-state index in [2.05, 4.69) is 11.9 Å². The Hall–Kier alpha value is -4.51. The number of nitrogens with zero attached hydrogens (tertiary/aromatic N) is 2. The van der Waals surface area contributed by atoms with E-state index < -0.39 is 30.0 Å². The molecule has 11 nitrogen and oxygen atoms in total. The smallest absolute Gasteiger partial charge is 0.313 e. The van der Waals surface area contributed by atoms with Crippen molar-refractivity contribution in [1.29, 1.82) is 0 Å². The molecule has 1 heterocycles. The molecule has 0 amide bonds. The zero-order valence-corrected chi connectivity index (χ0v) is 27.4. The SMILES string of the molecule is C=C[C@@H]1CC1CC(NCCC(=O)OCC)C(=[OH+])[C@@H]1C[C@@H](Oc2nc(-c3ccc(OC)cc3)nc3c(C)c(OC)ccc23)C[C@H]1C(=O)O. The van der Waals surface area contributed by atoms with Crippen LogP contribution in [0.3, 0.4) is 0 Å². The lowest BCUT2D eigenvalue weighted by Gasteiger charge is -2.19. The molecule has 2 aliphatic carbocycles. The second-order valence-corrected chi connectivity index (χ2v) is 12.2. The first-order valence-electron chi connectivity index (χ1n) is 16.1. The van der Waals surface area contributed by atoms with Crippen molar-refractivity contribution in [2.24, 2.45) is 23.7 Å². The molecule has 0 radical (unpaired) electrons. The number of carboxylic acid groups (broad SMARTS) is 1. The van der Waals surface area contributed by atoms with Crippen molar-refractivity contribution in [3.63, 3.8) is 0 Å². The van der Waals surface area contributed by atoms with Crippen LogP contribution in [0.2, 0.25) is 0 Å². The fourth-order valence-corrected chi connectivity index (χ4v) is 6.59. The van der Waals surface area contributed by atoms with Gasteiger partial charge >= 0.3 is 17.7 Å². The number of ether oxygens (including phenoxy) is 4. The summed E-state index contributed by atoms with van der Waals surface area (Å²) in [4.78, 5) is 45.8. The highest BCUT2D eigenvalue weighted by molar-refractivity contribution is 5.92. The van der Waals surface area contributed by atoms with E-state index in [1.54, 1.807) is 21.1 Å². The van der Waals surface area contributed by atoms with E-state index in [0.717, 1.165) is 17.5 Å². The molecule has 2 fully saturated rings. The monoisotopic (exact) mass is 646 g/mol. The van der Waals surface area contributed by atoms with E-state index in [9.17, 15) is 19.5 Å². The van der Waals surface area contributed by atoms with Crippen LogP contribution in [-0.4, -0.2) is 77.1 Å². The molecule has 5 rings (SSSR count). The van der Waals surface area contributed by atoms with Gasteiger partial charge in [-0.1, -0.05) is 6.08 Å². The summed E-state index contributed by atoms with van der Waals surface area (Å²) >= 11 is 0. The van der Waals surface area contributed by atoms with Crippen LogP contribution in [-0.2, 0) is 14.3 Å². The quantitative estimate of drug-likeness (QED) is 0.122. The molecular formula is C36H44N3O8+. The molecule has 0 saturated heterocycles. The van der Waals surface area contributed by atoms with Crippen molar-refractivity contribution < 1.29 is 38.4 Å². The number of benzene rings is 2. The Balaban J connectivity index is 1.41. The third-order valence-electron chi connectivity index (χ3n) is 9.30. The van der Waals surface area contributed by atoms with Gasteiger partial charge in [-0.25, -0.2) is 4.98 Å². The molecule has 2 aromatic carbocycles. The highest BCUT2D eigenvalue weighted by Crippen LogP contribution is 2.44. The summed E-state index contributed by atoms with van der Waals surface area (Å²) in [5, 5.41) is 14.2. The van der Waals surface area contributed by atoms with E-state index in [4.69, 9.17) is 28.9 Å². The molecular weight excluding hydrogens is 602 g/mol. The number of aryl methyl sites for hydroxylation is 1. The number of hydrogen-bond acceptors (Lipinski definition) is 9. The number of aromatic nitrogens is 2. The lowest BCUT2D eigenvalue weighted by atomic mass is 9.86. The fraction of sp³-hybridized carbons (Fsp3) is 0.472. The number of carbonyl (C=O) groups excluding carboxylic acids is 2. The van der Waals surface area contributed by atoms with E-state index in [1.807, 2.05) is 49.4 Å². The molecule has 3 aromatic rings. The first kappa shape index (κ1) is 33.8. The molecule has 0 bridgehead atoms. The Morgan fingerprint density at radius 2 is 1.83 bits per heavy atom. The minimum Gasteiger partial charge on any atom is -0.497 e. The summed E-state index contributed by atoms with van der Waals surface area (Å²) in [6.45, 7) is 8.16. The molecule has 0 spiro atoms. The first-order valence-corrected chi connectivity index (χ1v) is 16.1. The molecule has 2 aliphatic rings. The predicted octanol–water partition coefficient (Wildman–Crippen LogP) is 5.15. The lowest BCUT2D eigenvalue weighted by molar-refractivity contribution is -0.143. The second kappa shape index (κ2) is 14.9. The molecule has 6 atom stereocenters. The van der Waals surface area contributed by atoms with E-state index in [0.29, 0.717) is 65.5 Å². The third kappa shape index (κ3) is 7.73. The molecule has 1 aromatic heterocycles. The zero-order valence-electron chi connectivity index (χ0n) is 27.4. The first-order chi connectivity index (χ1) is 22.7. The van der Waals surface area contributed by atoms with Crippen molar-refractivity contribution in [2.75, 3.05) is 27.4 Å². The van der Waals surface area contributed by atoms with Gasteiger partial charge in [-0.3, -0.25) is 14.4 Å². The fourth-order valence-electron chi connectivity index (χ4n) is 6.59. The number of carbonyl (C=O) groups is 2. The average Bonchev–Trinajstić information content (AvgIpc) is 3.70. The van der Waals surface area contributed by atoms with Crippen LogP contribution in [0.15, 0.2) is 49.1 Å². The molecule has 0 aliphatic heterocycles. The van der Waals surface area contributed by atoms with Crippen LogP contribution in [0.1, 0.15) is 44.6 Å². The van der Waals surface area contributed by atoms with Crippen LogP contribution in [0.4, 0.5) is 0 Å². The summed E-state index contributed by atoms with van der Waals surface area (Å²) < 4.78 is 22.4. The largest absolute Gasteiger partial charge is 0.497 e. The van der Waals surface area contributed by atoms with Crippen LogP contribution in [0.25, 0.3) is 22.3 Å². The van der Waals surface area contributed by atoms with Gasteiger partial charge in [-0.15, -0.1) is 6.58 Å². The maximum atomic E-state index is 12.5. The summed E-state index contributed by atoms with van der Waals surface area (Å²) in [6.07, 6.45) is 3.59. The van der Waals surface area contributed by atoms with Gasteiger partial charge in [0, 0.05) is 24.1 Å². The zero-order chi connectivity index (χ0) is 33.7. The van der Waals surface area contributed by atoms with Crippen molar-refractivity contribution in [3.05, 3.63) is 54.6 Å². The highest BCUT2D eigenvalue weighted by atomic mass is 16.5. The number of nitrogens with one attached hydrogen (secondary N) is 1. The van der Waals surface area contributed by atoms with Crippen molar-refractivity contribution in [1.82, 2.24) is 15.3 Å². The van der Waals surface area contributed by atoms with Crippen molar-refractivity contribution in [3.8, 4) is 28.8 Å². The van der Waals surface area contributed by atoms with Gasteiger partial charge in [-0.2, -0.15) is 4.98 Å². The van der Waals surface area contributed by atoms with Crippen molar-refractivity contribution in [2.45, 2.75) is 58.1 Å². The van der Waals surface area contributed by atoms with Crippen LogP contribution in [0, 0.1) is 30.6 Å². The summed E-state index contributed by atoms with van der Waals surface area (Å²) in [6, 6.07) is 10.6. The Morgan fingerprint density at radius 3 is 2.47 bits per heavy atom. The van der Waals surface area contributed by atoms with E-state index in [1.165, 1.54) is 0 Å². The van der Waals surface area contributed by atoms with Crippen molar-refractivity contribution >= 4 is 28.6 Å². The molecule has 47 heavy (non-hydrogen) atoms. The number of hydrogen-bond donors (Lipinski definition) is 2. The van der Waals surface area contributed by atoms with Crippen LogP contribution in [0.5, 0.6) is 17.4 Å². The number of rotatable bonds is 16. The number of fused-ring (bicyclic) bond motifs is 1. The van der Waals surface area contributed by atoms with Crippen LogP contribution >= 0.6 is 0 Å². The normalized spacial score (nSPS) is 22.3. The van der Waals surface area contributed by atoms with Gasteiger partial charge in [0.05, 0.1) is 50.0 Å². The minimum atomic E-state index is -1.000. The topological polar surface area (TPSA) is 150 Å². The maximum Gasteiger partial charge on any atom is 0.313 e. The van der Waals surface area contributed by atoms with Gasteiger partial charge in [0.15, 0.2) is 5.82 Å². The maximum absolute atomic E-state index is 12.5. The molecule has 2 saturated carbocycles. The predicted molar refractivity (Wildman–Crippen MR) is 177 cm³/mol. The number of aliphatic carboxylic acids is 1. The van der Waals surface area contributed by atoms with Gasteiger partial charge in [0.1, 0.15) is 23.6 Å². The number of methoxy groups -OCH3 is 2. The molecule has 11 heteroatoms. The Bertz CT molecular complexity index is 1620. The standard InChI is InChI=1S/C36H43N3O8/c1-6-21-16-23(21)17-29(37-15-14-31(40)46-7-2)33(41)27-18-25(19-28(27)36(42)43)47-35-26-12-13-30(45-5)20(3)32(26)38-34(39-35)22-8-10-24(44-4)11-9-22/h6,8-13,21,23,25,27-29,37H,1,7,14-19H2,2-5H3,(H,42,43)/p+1/t21-,23?,25-,27-,28-,29?/m1/s1. The minimum absolute atomic E-state index is 0.0779. The number of esters is 1. The number of carboxylic acids is 1. The van der Waals surface area contributed by atoms with Gasteiger partial charge in [0.25, 0.3) is 0 Å². The third-order valence-corrected chi connectivity index (χ3v) is 9.30. The Labute approximate surface area is 274 Å². The summed E-state index contributed by atoms with van der Waals surface area (Å²) in [7, 11) is 3.20. The molecule has 250 valence electrons. The Morgan fingerprint density at radius 1 is 1.09 bits per heavy atom. The summed E-state index contributed by atoms with van der Waals surface area (Å²) in [5.41, 5.74) is 2.24. The summed E-state index contributed by atoms with van der Waals surface area (Å²) in [5.74, 6) is 0.0656. The molecule has 3 N–H and O–H groups in total. The van der Waals surface area contributed by atoms with Gasteiger partial charge < -0.3 is 29.4 Å². The van der Waals surface area contributed by atoms with Crippen LogP contribution < -0.4 is 19.5 Å². The highest BCUT2D eigenvalue weighted by Gasteiger charge is 2.50. The van der Waals surface area contributed by atoms with E-state index in [-0.39, 0.29) is 31.0 Å². The van der Waals surface area contributed by atoms with Gasteiger partial charge in [0.2, 0.25) is 5.88 Å². The van der Waals surface area contributed by atoms with E-state index >= 15 is 0 Å². The number of allylic oxidation sites excluding steroid dienone is 1. The number of ketones is 1. The second-order valence-electron chi connectivity index (χ2n) is 12.2. The van der Waals surface area contributed by atoms with Gasteiger partial charge in [-0.05, 0) is 81.3 Å². The Kier molecular flexibility index (Phi) is 10.8.